The summed E-state index contributed by atoms with van der Waals surface area (Å²) in [7, 11) is 1.44. The lowest BCUT2D eigenvalue weighted by Crippen LogP contribution is -2.67. The van der Waals surface area contributed by atoms with Crippen molar-refractivity contribution >= 4 is 5.97 Å². The summed E-state index contributed by atoms with van der Waals surface area (Å²) in [5, 5.41) is 3.43. The highest BCUT2D eigenvalue weighted by Crippen LogP contribution is 2.28. The second-order valence-corrected chi connectivity index (χ2v) is 6.45. The average Bonchev–Trinajstić information content (AvgIpc) is 2.18. The van der Waals surface area contributed by atoms with Crippen LogP contribution in [0.5, 0.6) is 0 Å². The number of nitrogens with zero attached hydrogens (tertiary/aromatic N) is 1. The van der Waals surface area contributed by atoms with Crippen molar-refractivity contribution in [2.24, 2.45) is 0 Å². The van der Waals surface area contributed by atoms with Gasteiger partial charge in [-0.3, -0.25) is 9.69 Å². The maximum atomic E-state index is 11.3. The van der Waals surface area contributed by atoms with Gasteiger partial charge in [-0.2, -0.15) is 0 Å². The first-order valence-corrected chi connectivity index (χ1v) is 6.25. The van der Waals surface area contributed by atoms with Crippen molar-refractivity contribution < 1.29 is 9.53 Å². The smallest absolute Gasteiger partial charge is 0.307 e. The summed E-state index contributed by atoms with van der Waals surface area (Å²) in [4.78, 5) is 13.8. The number of carbonyl (C=O) groups is 1. The number of hydrogen-bond acceptors (Lipinski definition) is 4. The molecule has 0 aliphatic carbocycles. The van der Waals surface area contributed by atoms with E-state index in [0.717, 1.165) is 13.1 Å². The van der Waals surface area contributed by atoms with E-state index in [-0.39, 0.29) is 23.1 Å². The molecule has 0 aromatic carbocycles. The Morgan fingerprint density at radius 1 is 1.47 bits per heavy atom. The van der Waals surface area contributed by atoms with Crippen LogP contribution in [0.2, 0.25) is 0 Å². The second kappa shape index (κ2) is 4.94. The molecule has 0 spiro atoms. The monoisotopic (exact) mass is 242 g/mol. The van der Waals surface area contributed by atoms with Gasteiger partial charge in [0.15, 0.2) is 0 Å². The quantitative estimate of drug-likeness (QED) is 0.743. The van der Waals surface area contributed by atoms with E-state index >= 15 is 0 Å². The first-order chi connectivity index (χ1) is 7.66. The molecule has 1 unspecified atom stereocenters. The molecule has 1 saturated heterocycles. The largest absolute Gasteiger partial charge is 0.469 e. The number of hydrogen-bond donors (Lipinski definition) is 1. The van der Waals surface area contributed by atoms with Crippen LogP contribution in [-0.2, 0) is 9.53 Å². The molecule has 17 heavy (non-hydrogen) atoms. The highest BCUT2D eigenvalue weighted by Gasteiger charge is 2.40. The lowest BCUT2D eigenvalue weighted by Gasteiger charge is -2.52. The van der Waals surface area contributed by atoms with Crippen molar-refractivity contribution in [2.75, 3.05) is 20.2 Å². The molecule has 1 aliphatic rings. The molecule has 0 aromatic rings. The van der Waals surface area contributed by atoms with Crippen LogP contribution in [0.1, 0.15) is 41.0 Å². The van der Waals surface area contributed by atoms with Gasteiger partial charge in [0.05, 0.1) is 13.5 Å². The zero-order valence-corrected chi connectivity index (χ0v) is 12.0. The predicted octanol–water partition coefficient (Wildman–Crippen LogP) is 1.40. The zero-order valence-electron chi connectivity index (χ0n) is 12.0. The molecule has 0 aromatic heterocycles. The van der Waals surface area contributed by atoms with Gasteiger partial charge in [-0.05, 0) is 34.6 Å². The molecular weight excluding hydrogens is 216 g/mol. The third-order valence-corrected chi connectivity index (χ3v) is 3.41. The van der Waals surface area contributed by atoms with Crippen LogP contribution < -0.4 is 5.32 Å². The van der Waals surface area contributed by atoms with E-state index in [2.05, 4.69) is 44.8 Å². The van der Waals surface area contributed by atoms with Crippen LogP contribution in [-0.4, -0.2) is 48.2 Å². The molecule has 1 rings (SSSR count). The van der Waals surface area contributed by atoms with Gasteiger partial charge in [0, 0.05) is 30.2 Å². The fourth-order valence-electron chi connectivity index (χ4n) is 2.62. The first-order valence-electron chi connectivity index (χ1n) is 6.25. The summed E-state index contributed by atoms with van der Waals surface area (Å²) in [5.41, 5.74) is 0.227. The summed E-state index contributed by atoms with van der Waals surface area (Å²) < 4.78 is 4.73. The second-order valence-electron chi connectivity index (χ2n) is 6.45. The van der Waals surface area contributed by atoms with E-state index in [1.54, 1.807) is 0 Å². The summed E-state index contributed by atoms with van der Waals surface area (Å²) >= 11 is 0. The van der Waals surface area contributed by atoms with E-state index in [1.807, 2.05) is 0 Å². The summed E-state index contributed by atoms with van der Waals surface area (Å²) in [6.45, 7) is 12.9. The molecule has 1 atom stereocenters. The zero-order chi connectivity index (χ0) is 13.3. The van der Waals surface area contributed by atoms with Crippen LogP contribution in [0, 0.1) is 0 Å². The van der Waals surface area contributed by atoms with Crippen molar-refractivity contribution in [1.82, 2.24) is 10.2 Å². The number of esters is 1. The van der Waals surface area contributed by atoms with E-state index in [0.29, 0.717) is 6.42 Å². The Bertz CT molecular complexity index is 282. The van der Waals surface area contributed by atoms with Crippen molar-refractivity contribution in [3.05, 3.63) is 0 Å². The van der Waals surface area contributed by atoms with Crippen molar-refractivity contribution in [2.45, 2.75) is 58.2 Å². The van der Waals surface area contributed by atoms with Gasteiger partial charge in [-0.1, -0.05) is 0 Å². The highest BCUT2D eigenvalue weighted by atomic mass is 16.5. The summed E-state index contributed by atoms with van der Waals surface area (Å²) in [6.07, 6.45) is 0.444. The van der Waals surface area contributed by atoms with Gasteiger partial charge in [-0.25, -0.2) is 0 Å². The Hall–Kier alpha value is -0.610. The van der Waals surface area contributed by atoms with Crippen molar-refractivity contribution in [1.29, 1.82) is 0 Å². The molecule has 1 N–H and O–H groups in total. The van der Waals surface area contributed by atoms with Gasteiger partial charge in [0.2, 0.25) is 0 Å². The maximum absolute atomic E-state index is 11.3. The van der Waals surface area contributed by atoms with E-state index in [1.165, 1.54) is 7.11 Å². The van der Waals surface area contributed by atoms with E-state index in [9.17, 15) is 4.79 Å². The lowest BCUT2D eigenvalue weighted by molar-refractivity contribution is -0.142. The SMILES string of the molecule is COC(=O)CC1CN(C(C)(C)C)C(C)(C)CN1. The molecule has 4 nitrogen and oxygen atoms in total. The molecule has 1 heterocycles. The number of piperazine rings is 1. The third-order valence-electron chi connectivity index (χ3n) is 3.41. The Morgan fingerprint density at radius 2 is 2.06 bits per heavy atom. The third kappa shape index (κ3) is 3.68. The summed E-state index contributed by atoms with van der Waals surface area (Å²) in [5.74, 6) is -0.143. The van der Waals surface area contributed by atoms with Crippen LogP contribution in [0.4, 0.5) is 0 Å². The highest BCUT2D eigenvalue weighted by molar-refractivity contribution is 5.70. The fourth-order valence-corrected chi connectivity index (χ4v) is 2.62. The number of nitrogens with one attached hydrogen (secondary N) is 1. The number of methoxy groups -OCH3 is 1. The molecular formula is C13H26N2O2. The fraction of sp³-hybridized carbons (Fsp3) is 0.923. The molecule has 1 aliphatic heterocycles. The minimum absolute atomic E-state index is 0.111. The van der Waals surface area contributed by atoms with Gasteiger partial charge in [-0.15, -0.1) is 0 Å². The van der Waals surface area contributed by atoms with Crippen LogP contribution in [0.25, 0.3) is 0 Å². The molecule has 0 bridgehead atoms. The van der Waals surface area contributed by atoms with Gasteiger partial charge in [0.1, 0.15) is 0 Å². The van der Waals surface area contributed by atoms with Crippen molar-refractivity contribution in [3.63, 3.8) is 0 Å². The number of ether oxygens (including phenoxy) is 1. The number of carbonyl (C=O) groups excluding carboxylic acids is 1. The average molecular weight is 242 g/mol. The standard InChI is InChI=1S/C13H26N2O2/c1-12(2,3)15-8-10(7-11(16)17-6)14-9-13(15,4)5/h10,14H,7-9H2,1-6H3. The number of rotatable bonds is 2. The van der Waals surface area contributed by atoms with Crippen LogP contribution in [0.15, 0.2) is 0 Å². The molecule has 0 radical (unpaired) electrons. The topological polar surface area (TPSA) is 41.6 Å². The van der Waals surface area contributed by atoms with E-state index < -0.39 is 0 Å². The van der Waals surface area contributed by atoms with Gasteiger partial charge >= 0.3 is 5.97 Å². The normalized spacial score (nSPS) is 25.6. The minimum atomic E-state index is -0.143. The van der Waals surface area contributed by atoms with E-state index in [4.69, 9.17) is 4.74 Å². The Kier molecular flexibility index (Phi) is 4.20. The Morgan fingerprint density at radius 3 is 2.53 bits per heavy atom. The van der Waals surface area contributed by atoms with Crippen LogP contribution in [0.3, 0.4) is 0 Å². The molecule has 1 fully saturated rings. The van der Waals surface area contributed by atoms with Gasteiger partial charge < -0.3 is 10.1 Å². The summed E-state index contributed by atoms with van der Waals surface area (Å²) in [6, 6.07) is 0.190. The van der Waals surface area contributed by atoms with Gasteiger partial charge in [0.25, 0.3) is 0 Å². The predicted molar refractivity (Wildman–Crippen MR) is 69.0 cm³/mol. The molecule has 0 saturated carbocycles. The Balaban J connectivity index is 2.70. The maximum Gasteiger partial charge on any atom is 0.307 e. The molecule has 100 valence electrons. The minimum Gasteiger partial charge on any atom is -0.469 e. The first kappa shape index (κ1) is 14.5. The molecule has 0 amide bonds. The molecule has 4 heteroatoms. The Labute approximate surface area is 105 Å². The van der Waals surface area contributed by atoms with Crippen LogP contribution >= 0.6 is 0 Å². The lowest BCUT2D eigenvalue weighted by atomic mass is 9.90. The van der Waals surface area contributed by atoms with Crippen molar-refractivity contribution in [3.8, 4) is 0 Å².